The summed E-state index contributed by atoms with van der Waals surface area (Å²) < 4.78 is 10.9. The maximum absolute atomic E-state index is 6.25. The van der Waals surface area contributed by atoms with Crippen LogP contribution in [-0.4, -0.2) is 17.1 Å². The van der Waals surface area contributed by atoms with Crippen molar-refractivity contribution in [3.05, 3.63) is 34.3 Å². The van der Waals surface area contributed by atoms with Gasteiger partial charge in [0.2, 0.25) is 17.7 Å². The predicted molar refractivity (Wildman–Crippen MR) is 83.3 cm³/mol. The summed E-state index contributed by atoms with van der Waals surface area (Å²) in [6, 6.07) is 5.39. The second-order valence-corrected chi connectivity index (χ2v) is 5.41. The first-order valence-electron chi connectivity index (χ1n) is 6.57. The van der Waals surface area contributed by atoms with Gasteiger partial charge in [-0.2, -0.15) is 9.97 Å². The highest BCUT2D eigenvalue weighted by Crippen LogP contribution is 2.33. The Labute approximate surface area is 129 Å². The molecule has 2 rings (SSSR count). The zero-order valence-corrected chi connectivity index (χ0v) is 13.2. The van der Waals surface area contributed by atoms with Crippen LogP contribution in [0.2, 0.25) is 5.02 Å². The number of benzene rings is 1. The minimum absolute atomic E-state index is 0.0973. The van der Waals surface area contributed by atoms with Crippen molar-refractivity contribution in [1.82, 2.24) is 9.97 Å². The number of nitrogen functional groups attached to an aromatic ring is 1. The quantitative estimate of drug-likeness (QED) is 0.926. The summed E-state index contributed by atoms with van der Waals surface area (Å²) in [6.45, 7) is 6.07. The summed E-state index contributed by atoms with van der Waals surface area (Å²) in [6.07, 6.45) is 0. The standard InChI is InChI=1S/C15H18ClN3O2/c1-8(2)10-6-12(9(3)5-11(10)16)21-14-7-13(20-4)18-15(17)19-14/h5-8H,1-4H3,(H2,17,18,19). The van der Waals surface area contributed by atoms with Crippen molar-refractivity contribution in [2.24, 2.45) is 0 Å². The molecule has 21 heavy (non-hydrogen) atoms. The highest BCUT2D eigenvalue weighted by molar-refractivity contribution is 6.31. The van der Waals surface area contributed by atoms with Gasteiger partial charge < -0.3 is 15.2 Å². The van der Waals surface area contributed by atoms with Crippen LogP contribution in [0.3, 0.4) is 0 Å². The number of hydrogen-bond acceptors (Lipinski definition) is 5. The number of rotatable bonds is 4. The number of ether oxygens (including phenoxy) is 2. The van der Waals surface area contributed by atoms with Crippen molar-refractivity contribution in [3.8, 4) is 17.5 Å². The maximum atomic E-state index is 6.25. The first-order chi connectivity index (χ1) is 9.90. The number of hydrogen-bond donors (Lipinski definition) is 1. The van der Waals surface area contributed by atoms with Crippen LogP contribution in [0.25, 0.3) is 0 Å². The van der Waals surface area contributed by atoms with Gasteiger partial charge in [-0.25, -0.2) is 0 Å². The lowest BCUT2D eigenvalue weighted by molar-refractivity contribution is 0.389. The molecule has 0 aliphatic rings. The van der Waals surface area contributed by atoms with E-state index in [4.69, 9.17) is 26.8 Å². The van der Waals surface area contributed by atoms with Crippen LogP contribution in [0, 0.1) is 6.92 Å². The molecule has 5 nitrogen and oxygen atoms in total. The van der Waals surface area contributed by atoms with Gasteiger partial charge in [0.15, 0.2) is 0 Å². The second-order valence-electron chi connectivity index (χ2n) is 5.00. The molecule has 0 spiro atoms. The molecule has 0 fully saturated rings. The van der Waals surface area contributed by atoms with Gasteiger partial charge in [0.1, 0.15) is 5.75 Å². The van der Waals surface area contributed by atoms with Crippen LogP contribution in [0.1, 0.15) is 30.9 Å². The average molecular weight is 308 g/mol. The van der Waals surface area contributed by atoms with Crippen molar-refractivity contribution in [3.63, 3.8) is 0 Å². The normalized spacial score (nSPS) is 10.8. The highest BCUT2D eigenvalue weighted by atomic mass is 35.5. The van der Waals surface area contributed by atoms with Crippen LogP contribution in [0.5, 0.6) is 17.5 Å². The zero-order chi connectivity index (χ0) is 15.6. The molecule has 0 aliphatic carbocycles. The number of aryl methyl sites for hydroxylation is 1. The van der Waals surface area contributed by atoms with Crippen LogP contribution in [0.15, 0.2) is 18.2 Å². The van der Waals surface area contributed by atoms with Gasteiger partial charge in [-0.3, -0.25) is 0 Å². The van der Waals surface area contributed by atoms with E-state index in [1.54, 1.807) is 6.07 Å². The third kappa shape index (κ3) is 3.55. The fourth-order valence-electron chi connectivity index (χ4n) is 1.91. The van der Waals surface area contributed by atoms with Crippen molar-refractivity contribution in [1.29, 1.82) is 0 Å². The number of methoxy groups -OCH3 is 1. The summed E-state index contributed by atoms with van der Waals surface area (Å²) in [5.41, 5.74) is 7.56. The maximum Gasteiger partial charge on any atom is 0.227 e. The zero-order valence-electron chi connectivity index (χ0n) is 12.5. The number of nitrogens with zero attached hydrogens (tertiary/aromatic N) is 2. The molecular weight excluding hydrogens is 290 g/mol. The Hall–Kier alpha value is -2.01. The van der Waals surface area contributed by atoms with Gasteiger partial charge >= 0.3 is 0 Å². The summed E-state index contributed by atoms with van der Waals surface area (Å²) in [4.78, 5) is 7.97. The lowest BCUT2D eigenvalue weighted by atomic mass is 10.0. The van der Waals surface area contributed by atoms with E-state index < -0.39 is 0 Å². The Morgan fingerprint density at radius 3 is 2.43 bits per heavy atom. The highest BCUT2D eigenvalue weighted by Gasteiger charge is 2.12. The summed E-state index contributed by atoms with van der Waals surface area (Å²) >= 11 is 6.25. The van der Waals surface area contributed by atoms with E-state index in [1.807, 2.05) is 19.1 Å². The Balaban J connectivity index is 2.39. The molecule has 2 aromatic rings. The molecule has 0 unspecified atom stereocenters. The molecule has 0 atom stereocenters. The van der Waals surface area contributed by atoms with E-state index in [9.17, 15) is 0 Å². The van der Waals surface area contributed by atoms with Crippen LogP contribution in [-0.2, 0) is 0 Å². The van der Waals surface area contributed by atoms with Crippen LogP contribution < -0.4 is 15.2 Å². The fraction of sp³-hybridized carbons (Fsp3) is 0.333. The predicted octanol–water partition coefficient (Wildman–Crippen LogP) is 3.94. The van der Waals surface area contributed by atoms with Crippen molar-refractivity contribution in [2.45, 2.75) is 26.7 Å². The number of anilines is 1. The smallest absolute Gasteiger partial charge is 0.227 e. The molecule has 1 heterocycles. The van der Waals surface area contributed by atoms with E-state index in [2.05, 4.69) is 23.8 Å². The second kappa shape index (κ2) is 6.18. The Morgan fingerprint density at radius 2 is 1.81 bits per heavy atom. The molecular formula is C15H18ClN3O2. The lowest BCUT2D eigenvalue weighted by Crippen LogP contribution is -2.00. The SMILES string of the molecule is COc1cc(Oc2cc(C(C)C)c(Cl)cc2C)nc(N)n1. The van der Waals surface area contributed by atoms with Gasteiger partial charge in [0.05, 0.1) is 13.2 Å². The van der Waals surface area contributed by atoms with Gasteiger partial charge in [0.25, 0.3) is 0 Å². The minimum atomic E-state index is 0.0973. The molecule has 112 valence electrons. The molecule has 0 bridgehead atoms. The Kier molecular flexibility index (Phi) is 4.53. The number of halogens is 1. The third-order valence-electron chi connectivity index (χ3n) is 3.04. The van der Waals surface area contributed by atoms with E-state index in [0.29, 0.717) is 23.4 Å². The first kappa shape index (κ1) is 15.4. The first-order valence-corrected chi connectivity index (χ1v) is 6.95. The third-order valence-corrected chi connectivity index (χ3v) is 3.36. The number of aromatic nitrogens is 2. The molecule has 2 N–H and O–H groups in total. The average Bonchev–Trinajstić information content (AvgIpc) is 2.40. The topological polar surface area (TPSA) is 70.3 Å². The van der Waals surface area contributed by atoms with Crippen LogP contribution >= 0.6 is 11.6 Å². The summed E-state index contributed by atoms with van der Waals surface area (Å²) in [7, 11) is 1.51. The molecule has 0 saturated heterocycles. The molecule has 6 heteroatoms. The Bertz CT molecular complexity index is 660. The molecule has 1 aromatic heterocycles. The van der Waals surface area contributed by atoms with Crippen molar-refractivity contribution in [2.75, 3.05) is 12.8 Å². The minimum Gasteiger partial charge on any atom is -0.481 e. The number of nitrogens with two attached hydrogens (primary N) is 1. The van der Waals surface area contributed by atoms with Crippen LogP contribution in [0.4, 0.5) is 5.95 Å². The van der Waals surface area contributed by atoms with E-state index in [1.165, 1.54) is 7.11 Å². The van der Waals surface area contributed by atoms with E-state index in [-0.39, 0.29) is 5.95 Å². The molecule has 0 amide bonds. The van der Waals surface area contributed by atoms with Gasteiger partial charge in [0, 0.05) is 5.02 Å². The Morgan fingerprint density at radius 1 is 1.14 bits per heavy atom. The largest absolute Gasteiger partial charge is 0.481 e. The van der Waals surface area contributed by atoms with E-state index in [0.717, 1.165) is 16.1 Å². The molecule has 0 aliphatic heterocycles. The van der Waals surface area contributed by atoms with Crippen molar-refractivity contribution >= 4 is 17.5 Å². The fourth-order valence-corrected chi connectivity index (χ4v) is 2.35. The van der Waals surface area contributed by atoms with Crippen molar-refractivity contribution < 1.29 is 9.47 Å². The summed E-state index contributed by atoms with van der Waals surface area (Å²) in [5.74, 6) is 1.77. The molecule has 0 saturated carbocycles. The monoisotopic (exact) mass is 307 g/mol. The van der Waals surface area contributed by atoms with Gasteiger partial charge in [-0.15, -0.1) is 0 Å². The van der Waals surface area contributed by atoms with Gasteiger partial charge in [-0.1, -0.05) is 25.4 Å². The lowest BCUT2D eigenvalue weighted by Gasteiger charge is -2.14. The van der Waals surface area contributed by atoms with Gasteiger partial charge in [-0.05, 0) is 36.1 Å². The molecule has 1 aromatic carbocycles. The molecule has 0 radical (unpaired) electrons. The van der Waals surface area contributed by atoms with E-state index >= 15 is 0 Å². The summed E-state index contributed by atoms with van der Waals surface area (Å²) in [5, 5.41) is 0.731.